The second kappa shape index (κ2) is 7.62. The first-order valence-electron chi connectivity index (χ1n) is 8.45. The van der Waals surface area contributed by atoms with Crippen LogP contribution in [0.5, 0.6) is 0 Å². The van der Waals surface area contributed by atoms with Crippen LogP contribution in [0.1, 0.15) is 30.0 Å². The molecular weight excluding hydrogens is 328 g/mol. The topological polar surface area (TPSA) is 25.2 Å². The first kappa shape index (κ1) is 17.4. The van der Waals surface area contributed by atoms with Crippen molar-refractivity contribution in [2.24, 2.45) is 4.99 Å². The van der Waals surface area contributed by atoms with Crippen LogP contribution < -0.4 is 0 Å². The molecule has 0 amide bonds. The zero-order valence-electron chi connectivity index (χ0n) is 14.8. The van der Waals surface area contributed by atoms with Gasteiger partial charge >= 0.3 is 0 Å². The minimum absolute atomic E-state index is 0.706. The predicted molar refractivity (Wildman–Crippen MR) is 109 cm³/mol. The van der Waals surface area contributed by atoms with E-state index in [9.17, 15) is 0 Å². The molecule has 0 aliphatic heterocycles. The molecule has 0 spiro atoms. The summed E-state index contributed by atoms with van der Waals surface area (Å²) in [4.78, 5) is 9.47. The lowest BCUT2D eigenvalue weighted by Gasteiger charge is -2.07. The van der Waals surface area contributed by atoms with Crippen LogP contribution in [0.3, 0.4) is 0 Å². The molecule has 0 saturated heterocycles. The third-order valence-corrected chi connectivity index (χ3v) is 4.51. The standard InChI is InChI=1S/C22H21ClN2/c1-4-18(14-20(23)19-11-7-5-9-15(19)2)24-22-16(3)13-17-10-6-8-12-21(17)25-22/h5-14H,4H2,1-3H3/b20-14+,24-18?. The van der Waals surface area contributed by atoms with Crippen LogP contribution in [0.25, 0.3) is 15.9 Å². The Morgan fingerprint density at radius 1 is 1.04 bits per heavy atom. The van der Waals surface area contributed by atoms with E-state index in [1.54, 1.807) is 0 Å². The number of aromatic nitrogens is 1. The SMILES string of the molecule is CCC(/C=C(/Cl)c1ccccc1C)=Nc1nc2ccccc2cc1C. The van der Waals surface area contributed by atoms with E-state index in [1.807, 2.05) is 49.4 Å². The molecule has 126 valence electrons. The van der Waals surface area contributed by atoms with Crippen molar-refractivity contribution < 1.29 is 0 Å². The maximum Gasteiger partial charge on any atom is 0.155 e. The number of allylic oxidation sites excluding steroid dienone is 1. The van der Waals surface area contributed by atoms with E-state index in [4.69, 9.17) is 21.6 Å². The van der Waals surface area contributed by atoms with Gasteiger partial charge < -0.3 is 0 Å². The molecule has 25 heavy (non-hydrogen) atoms. The Morgan fingerprint density at radius 2 is 1.76 bits per heavy atom. The van der Waals surface area contributed by atoms with Crippen LogP contribution in [0, 0.1) is 13.8 Å². The Kier molecular flexibility index (Phi) is 5.30. The number of aliphatic imine (C=N–C) groups is 1. The lowest BCUT2D eigenvalue weighted by molar-refractivity contribution is 1.23. The Bertz CT molecular complexity index is 971. The maximum absolute atomic E-state index is 6.55. The fourth-order valence-electron chi connectivity index (χ4n) is 2.74. The number of fused-ring (bicyclic) bond motifs is 1. The number of hydrogen-bond acceptors (Lipinski definition) is 2. The lowest BCUT2D eigenvalue weighted by Crippen LogP contribution is -1.94. The summed E-state index contributed by atoms with van der Waals surface area (Å²) in [6.07, 6.45) is 2.73. The molecule has 0 atom stereocenters. The monoisotopic (exact) mass is 348 g/mol. The second-order valence-corrected chi connectivity index (χ2v) is 6.49. The Labute approximate surface area is 153 Å². The predicted octanol–water partition coefficient (Wildman–Crippen LogP) is 6.61. The van der Waals surface area contributed by atoms with Crippen molar-refractivity contribution in [2.45, 2.75) is 27.2 Å². The van der Waals surface area contributed by atoms with Gasteiger partial charge in [0.25, 0.3) is 0 Å². The van der Waals surface area contributed by atoms with Gasteiger partial charge in [-0.1, -0.05) is 61.0 Å². The number of benzene rings is 2. The van der Waals surface area contributed by atoms with E-state index >= 15 is 0 Å². The Hall–Kier alpha value is -2.45. The molecule has 3 aromatic rings. The van der Waals surface area contributed by atoms with Gasteiger partial charge in [0, 0.05) is 16.1 Å². The van der Waals surface area contributed by atoms with E-state index in [0.29, 0.717) is 5.03 Å². The van der Waals surface area contributed by atoms with Gasteiger partial charge in [-0.25, -0.2) is 9.98 Å². The van der Waals surface area contributed by atoms with Crippen LogP contribution >= 0.6 is 11.6 Å². The molecule has 0 bridgehead atoms. The van der Waals surface area contributed by atoms with Gasteiger partial charge in [-0.05, 0) is 55.2 Å². The van der Waals surface area contributed by atoms with Gasteiger partial charge in [-0.3, -0.25) is 0 Å². The van der Waals surface area contributed by atoms with Crippen molar-refractivity contribution in [3.63, 3.8) is 0 Å². The van der Waals surface area contributed by atoms with Crippen molar-refractivity contribution in [3.8, 4) is 0 Å². The number of nitrogens with zero attached hydrogens (tertiary/aromatic N) is 2. The van der Waals surface area contributed by atoms with E-state index in [2.05, 4.69) is 32.0 Å². The van der Waals surface area contributed by atoms with Crippen LogP contribution in [0.15, 0.2) is 65.7 Å². The Balaban J connectivity index is 2.02. The van der Waals surface area contributed by atoms with Gasteiger partial charge in [-0.15, -0.1) is 0 Å². The molecule has 3 heteroatoms. The quantitative estimate of drug-likeness (QED) is 0.487. The van der Waals surface area contributed by atoms with Crippen LogP contribution in [-0.4, -0.2) is 10.7 Å². The molecule has 0 fully saturated rings. The third kappa shape index (κ3) is 3.97. The molecule has 0 radical (unpaired) electrons. The largest absolute Gasteiger partial charge is 0.233 e. The van der Waals surface area contributed by atoms with Crippen molar-refractivity contribution in [1.29, 1.82) is 0 Å². The van der Waals surface area contributed by atoms with E-state index < -0.39 is 0 Å². The van der Waals surface area contributed by atoms with Crippen molar-refractivity contribution in [2.75, 3.05) is 0 Å². The third-order valence-electron chi connectivity index (χ3n) is 4.20. The summed E-state index contributed by atoms with van der Waals surface area (Å²) in [5.74, 6) is 0.751. The molecule has 2 aromatic carbocycles. The summed E-state index contributed by atoms with van der Waals surface area (Å²) in [6.45, 7) is 6.18. The van der Waals surface area contributed by atoms with E-state index in [0.717, 1.165) is 45.5 Å². The molecule has 0 unspecified atom stereocenters. The zero-order valence-corrected chi connectivity index (χ0v) is 15.5. The Morgan fingerprint density at radius 3 is 2.52 bits per heavy atom. The number of para-hydroxylation sites is 1. The molecule has 1 aromatic heterocycles. The second-order valence-electron chi connectivity index (χ2n) is 6.09. The van der Waals surface area contributed by atoms with Crippen LogP contribution in [0.4, 0.5) is 5.82 Å². The smallest absolute Gasteiger partial charge is 0.155 e. The molecule has 3 rings (SSSR count). The average Bonchev–Trinajstić information content (AvgIpc) is 2.61. The molecule has 0 aliphatic carbocycles. The maximum atomic E-state index is 6.55. The molecule has 2 nitrogen and oxygen atoms in total. The van der Waals surface area contributed by atoms with Crippen LogP contribution in [0.2, 0.25) is 0 Å². The summed E-state index contributed by atoms with van der Waals surface area (Å²) < 4.78 is 0. The first-order valence-corrected chi connectivity index (χ1v) is 8.83. The fraction of sp³-hybridized carbons (Fsp3) is 0.182. The highest BCUT2D eigenvalue weighted by Gasteiger charge is 2.06. The van der Waals surface area contributed by atoms with Gasteiger partial charge in [0.15, 0.2) is 5.82 Å². The number of pyridine rings is 1. The molecule has 1 heterocycles. The summed E-state index contributed by atoms with van der Waals surface area (Å²) in [6, 6.07) is 18.3. The highest BCUT2D eigenvalue weighted by atomic mass is 35.5. The lowest BCUT2D eigenvalue weighted by atomic mass is 10.1. The summed E-state index contributed by atoms with van der Waals surface area (Å²) in [7, 11) is 0. The summed E-state index contributed by atoms with van der Waals surface area (Å²) in [5.41, 5.74) is 5.12. The summed E-state index contributed by atoms with van der Waals surface area (Å²) in [5, 5.41) is 1.84. The number of rotatable bonds is 4. The number of hydrogen-bond donors (Lipinski definition) is 0. The number of halogens is 1. The fourth-order valence-corrected chi connectivity index (χ4v) is 3.08. The van der Waals surface area contributed by atoms with E-state index in [1.165, 1.54) is 0 Å². The van der Waals surface area contributed by atoms with Gasteiger partial charge in [0.2, 0.25) is 0 Å². The normalized spacial score (nSPS) is 12.6. The van der Waals surface area contributed by atoms with Crippen molar-refractivity contribution in [1.82, 2.24) is 4.98 Å². The minimum Gasteiger partial charge on any atom is -0.233 e. The van der Waals surface area contributed by atoms with E-state index in [-0.39, 0.29) is 0 Å². The molecule has 0 N–H and O–H groups in total. The minimum atomic E-state index is 0.706. The highest BCUT2D eigenvalue weighted by Crippen LogP contribution is 2.25. The molecule has 0 aliphatic rings. The highest BCUT2D eigenvalue weighted by molar-refractivity contribution is 6.50. The summed E-state index contributed by atoms with van der Waals surface area (Å²) >= 11 is 6.55. The van der Waals surface area contributed by atoms with Gasteiger partial charge in [-0.2, -0.15) is 0 Å². The average molecular weight is 349 g/mol. The van der Waals surface area contributed by atoms with Crippen LogP contribution in [-0.2, 0) is 0 Å². The first-order chi connectivity index (χ1) is 12.1. The van der Waals surface area contributed by atoms with Gasteiger partial charge in [0.1, 0.15) is 0 Å². The number of aryl methyl sites for hydroxylation is 2. The zero-order chi connectivity index (χ0) is 17.8. The molecular formula is C22H21ClN2. The van der Waals surface area contributed by atoms with Gasteiger partial charge in [0.05, 0.1) is 5.52 Å². The van der Waals surface area contributed by atoms with Crippen molar-refractivity contribution in [3.05, 3.63) is 77.4 Å². The van der Waals surface area contributed by atoms with Crippen molar-refractivity contribution >= 4 is 39.1 Å². The molecule has 0 saturated carbocycles.